The van der Waals surface area contributed by atoms with Gasteiger partial charge < -0.3 is 14.8 Å². The molecule has 2 amide bonds. The molecular weight excluding hydrogens is 382 g/mol. The van der Waals surface area contributed by atoms with Gasteiger partial charge in [0, 0.05) is 16.3 Å². The van der Waals surface area contributed by atoms with Gasteiger partial charge in [-0.25, -0.2) is 5.43 Å². The van der Waals surface area contributed by atoms with Gasteiger partial charge in [-0.2, -0.15) is 5.10 Å². The summed E-state index contributed by atoms with van der Waals surface area (Å²) >= 11 is 5.99. The van der Waals surface area contributed by atoms with Crippen LogP contribution in [0, 0.1) is 0 Å². The quantitative estimate of drug-likeness (QED) is 0.400. The van der Waals surface area contributed by atoms with Crippen LogP contribution >= 0.6 is 11.6 Å². The number of benzene rings is 2. The van der Waals surface area contributed by atoms with Crippen molar-refractivity contribution < 1.29 is 19.1 Å². The van der Waals surface area contributed by atoms with Crippen molar-refractivity contribution in [1.82, 2.24) is 5.43 Å². The molecule has 0 unspecified atom stereocenters. The summed E-state index contributed by atoms with van der Waals surface area (Å²) in [7, 11) is 1.56. The highest BCUT2D eigenvalue weighted by Gasteiger charge is 2.10. The van der Waals surface area contributed by atoms with E-state index in [-0.39, 0.29) is 12.5 Å². The van der Waals surface area contributed by atoms with E-state index in [9.17, 15) is 9.59 Å². The number of nitrogens with one attached hydrogen (secondary N) is 2. The van der Waals surface area contributed by atoms with Crippen LogP contribution in [0.2, 0.25) is 5.02 Å². The Bertz CT molecular complexity index is 851. The van der Waals surface area contributed by atoms with E-state index in [1.54, 1.807) is 49.6 Å². The fourth-order valence-electron chi connectivity index (χ4n) is 2.22. The summed E-state index contributed by atoms with van der Waals surface area (Å²) in [6.45, 7) is 3.80. The molecule has 0 bridgehead atoms. The molecule has 2 N–H and O–H groups in total. The van der Waals surface area contributed by atoms with Crippen LogP contribution in [0.4, 0.5) is 5.69 Å². The Morgan fingerprint density at radius 3 is 2.50 bits per heavy atom. The van der Waals surface area contributed by atoms with Crippen LogP contribution < -0.4 is 20.2 Å². The molecule has 148 valence electrons. The minimum atomic E-state index is -0.546. The molecule has 28 heavy (non-hydrogen) atoms. The number of carbonyl (C=O) groups is 2. The lowest BCUT2D eigenvalue weighted by molar-refractivity contribution is -0.126. The van der Waals surface area contributed by atoms with E-state index in [0.717, 1.165) is 0 Å². The van der Waals surface area contributed by atoms with Crippen LogP contribution in [-0.2, 0) is 9.59 Å². The number of ether oxygens (including phenoxy) is 2. The largest absolute Gasteiger partial charge is 0.497 e. The maximum atomic E-state index is 11.9. The summed E-state index contributed by atoms with van der Waals surface area (Å²) in [5.41, 5.74) is 3.50. The molecule has 0 spiro atoms. The van der Waals surface area contributed by atoms with Crippen molar-refractivity contribution in [2.75, 3.05) is 12.4 Å². The highest BCUT2D eigenvalue weighted by molar-refractivity contribution is 6.30. The van der Waals surface area contributed by atoms with Crippen LogP contribution in [0.15, 0.2) is 47.6 Å². The third kappa shape index (κ3) is 6.92. The van der Waals surface area contributed by atoms with Crippen LogP contribution in [0.3, 0.4) is 0 Å². The molecule has 0 saturated carbocycles. The Kier molecular flexibility index (Phi) is 7.83. The number of hydrogen-bond acceptors (Lipinski definition) is 5. The first kappa shape index (κ1) is 21.2. The summed E-state index contributed by atoms with van der Waals surface area (Å²) < 4.78 is 10.7. The van der Waals surface area contributed by atoms with Gasteiger partial charge in [-0.3, -0.25) is 9.59 Å². The van der Waals surface area contributed by atoms with Gasteiger partial charge in [0.05, 0.1) is 19.4 Å². The van der Waals surface area contributed by atoms with Crippen molar-refractivity contribution in [3.8, 4) is 11.5 Å². The zero-order valence-corrected chi connectivity index (χ0v) is 16.6. The smallest absolute Gasteiger partial charge is 0.249 e. The molecule has 8 heteroatoms. The van der Waals surface area contributed by atoms with Crippen molar-refractivity contribution in [3.05, 3.63) is 53.1 Å². The van der Waals surface area contributed by atoms with Gasteiger partial charge in [0.15, 0.2) is 0 Å². The molecule has 0 fully saturated rings. The summed E-state index contributed by atoms with van der Waals surface area (Å²) in [5.74, 6) is 0.265. The molecule has 0 atom stereocenters. The molecule has 2 aromatic carbocycles. The number of carbonyl (C=O) groups excluding carboxylic acids is 2. The van der Waals surface area contributed by atoms with Crippen molar-refractivity contribution in [1.29, 1.82) is 0 Å². The number of halogens is 1. The zero-order valence-electron chi connectivity index (χ0n) is 15.9. The van der Waals surface area contributed by atoms with Crippen molar-refractivity contribution in [2.24, 2.45) is 5.10 Å². The number of hydrazone groups is 1. The summed E-state index contributed by atoms with van der Waals surface area (Å²) in [5, 5.41) is 7.02. The van der Waals surface area contributed by atoms with Crippen molar-refractivity contribution in [2.45, 2.75) is 26.4 Å². The number of nitrogens with zero attached hydrogens (tertiary/aromatic N) is 1. The van der Waals surface area contributed by atoms with Gasteiger partial charge >= 0.3 is 0 Å². The molecule has 0 radical (unpaired) electrons. The summed E-state index contributed by atoms with van der Waals surface area (Å²) in [6, 6.07) is 11.9. The maximum Gasteiger partial charge on any atom is 0.249 e. The monoisotopic (exact) mass is 403 g/mol. The van der Waals surface area contributed by atoms with E-state index < -0.39 is 11.8 Å². The first-order valence-corrected chi connectivity index (χ1v) is 8.97. The molecule has 0 aliphatic heterocycles. The molecule has 2 rings (SSSR count). The summed E-state index contributed by atoms with van der Waals surface area (Å²) in [4.78, 5) is 23.8. The van der Waals surface area contributed by atoms with Gasteiger partial charge in [-0.1, -0.05) is 11.6 Å². The van der Waals surface area contributed by atoms with Crippen LogP contribution in [0.1, 0.15) is 25.8 Å². The number of anilines is 1. The van der Waals surface area contributed by atoms with Gasteiger partial charge in [0.1, 0.15) is 17.9 Å². The second kappa shape index (κ2) is 10.3. The van der Waals surface area contributed by atoms with Crippen LogP contribution in [-0.4, -0.2) is 31.2 Å². The predicted octanol–water partition coefficient (Wildman–Crippen LogP) is 3.61. The summed E-state index contributed by atoms with van der Waals surface area (Å²) in [6.07, 6.45) is 1.03. The Labute approximate surface area is 168 Å². The number of rotatable bonds is 8. The number of amides is 2. The van der Waals surface area contributed by atoms with E-state index in [2.05, 4.69) is 15.8 Å². The van der Waals surface area contributed by atoms with Gasteiger partial charge in [0.25, 0.3) is 0 Å². The molecule has 0 aromatic heterocycles. The minimum absolute atomic E-state index is 0.0235. The lowest BCUT2D eigenvalue weighted by Gasteiger charge is -2.12. The Morgan fingerprint density at radius 1 is 1.14 bits per heavy atom. The first-order chi connectivity index (χ1) is 13.4. The molecule has 0 heterocycles. The molecule has 0 aliphatic carbocycles. The zero-order chi connectivity index (χ0) is 20.5. The highest BCUT2D eigenvalue weighted by Crippen LogP contribution is 2.22. The fraction of sp³-hybridized carbons (Fsp3) is 0.250. The van der Waals surface area contributed by atoms with E-state index in [4.69, 9.17) is 21.1 Å². The Morgan fingerprint density at radius 2 is 1.86 bits per heavy atom. The average Bonchev–Trinajstić information content (AvgIpc) is 2.64. The molecule has 0 saturated heterocycles. The topological polar surface area (TPSA) is 89.0 Å². The maximum absolute atomic E-state index is 11.9. The van der Waals surface area contributed by atoms with Gasteiger partial charge in [-0.15, -0.1) is 0 Å². The van der Waals surface area contributed by atoms with E-state index >= 15 is 0 Å². The number of methoxy groups -OCH3 is 1. The predicted molar refractivity (Wildman–Crippen MR) is 109 cm³/mol. The van der Waals surface area contributed by atoms with Crippen LogP contribution in [0.5, 0.6) is 11.5 Å². The van der Waals surface area contributed by atoms with Crippen molar-refractivity contribution >= 4 is 35.3 Å². The lowest BCUT2D eigenvalue weighted by atomic mass is 10.2. The van der Waals surface area contributed by atoms with E-state index in [0.29, 0.717) is 27.8 Å². The third-order valence-corrected chi connectivity index (χ3v) is 3.66. The van der Waals surface area contributed by atoms with Gasteiger partial charge in [-0.05, 0) is 56.3 Å². The normalized spacial score (nSPS) is 10.8. The minimum Gasteiger partial charge on any atom is -0.497 e. The molecule has 2 aromatic rings. The second-order valence-electron chi connectivity index (χ2n) is 6.10. The number of hydrogen-bond donors (Lipinski definition) is 2. The standard InChI is InChI=1S/C20H22ClN3O4/c1-13(2)28-18-9-4-15(21)10-14(18)12-22-24-20(26)11-19(25)23-16-5-7-17(27-3)8-6-16/h4-10,12-13H,11H2,1-3H3,(H,23,25)(H,24,26). The fourth-order valence-corrected chi connectivity index (χ4v) is 2.40. The lowest BCUT2D eigenvalue weighted by Crippen LogP contribution is -2.24. The van der Waals surface area contributed by atoms with E-state index in [1.807, 2.05) is 13.8 Å². The van der Waals surface area contributed by atoms with E-state index in [1.165, 1.54) is 6.21 Å². The van der Waals surface area contributed by atoms with Crippen molar-refractivity contribution in [3.63, 3.8) is 0 Å². The second-order valence-corrected chi connectivity index (χ2v) is 6.53. The van der Waals surface area contributed by atoms with Gasteiger partial charge in [0.2, 0.25) is 11.8 Å². The average molecular weight is 404 g/mol. The molecule has 7 nitrogen and oxygen atoms in total. The SMILES string of the molecule is COc1ccc(NC(=O)CC(=O)NN=Cc2cc(Cl)ccc2OC(C)C)cc1. The molecule has 0 aliphatic rings. The third-order valence-electron chi connectivity index (χ3n) is 3.42. The first-order valence-electron chi connectivity index (χ1n) is 8.59. The Balaban J connectivity index is 1.89. The Hall–Kier alpha value is -3.06. The molecular formula is C20H22ClN3O4. The highest BCUT2D eigenvalue weighted by atomic mass is 35.5. The van der Waals surface area contributed by atoms with Crippen LogP contribution in [0.25, 0.3) is 0 Å².